The van der Waals surface area contributed by atoms with Gasteiger partial charge in [-0.25, -0.2) is 0 Å². The second-order valence-corrected chi connectivity index (χ2v) is 8.06. The van der Waals surface area contributed by atoms with Crippen LogP contribution in [0.1, 0.15) is 26.3 Å². The van der Waals surface area contributed by atoms with E-state index in [0.717, 1.165) is 17.3 Å². The van der Waals surface area contributed by atoms with E-state index >= 15 is 0 Å². The number of allylic oxidation sites excluding steroid dienone is 1. The molecule has 0 aliphatic carbocycles. The number of anilines is 1. The minimum Gasteiger partial charge on any atom is -0.325 e. The third-order valence-electron chi connectivity index (χ3n) is 4.32. The smallest absolute Gasteiger partial charge is 0.243 e. The summed E-state index contributed by atoms with van der Waals surface area (Å²) in [6.45, 7) is 7.04. The highest BCUT2D eigenvalue weighted by Crippen LogP contribution is 2.42. The molecule has 0 saturated carbocycles. The third kappa shape index (κ3) is 3.89. The second-order valence-electron chi connectivity index (χ2n) is 6.70. The largest absolute Gasteiger partial charge is 0.325 e. The van der Waals surface area contributed by atoms with Crippen LogP contribution in [0.3, 0.4) is 0 Å². The van der Waals surface area contributed by atoms with Crippen molar-refractivity contribution in [3.8, 4) is 12.1 Å². The van der Waals surface area contributed by atoms with Gasteiger partial charge in [-0.05, 0) is 26.0 Å². The van der Waals surface area contributed by atoms with E-state index in [4.69, 9.17) is 0 Å². The molecular weight excluding hydrogens is 348 g/mol. The number of aryl methyl sites for hydroxylation is 1. The van der Waals surface area contributed by atoms with Gasteiger partial charge in [-0.15, -0.1) is 0 Å². The van der Waals surface area contributed by atoms with Crippen LogP contribution in [0.25, 0.3) is 0 Å². The first-order valence-electron chi connectivity index (χ1n) is 8.10. The van der Waals surface area contributed by atoms with E-state index in [9.17, 15) is 20.1 Å². The maximum Gasteiger partial charge on any atom is 0.243 e. The van der Waals surface area contributed by atoms with Gasteiger partial charge in [-0.3, -0.25) is 9.59 Å². The molecule has 1 aromatic carbocycles. The zero-order valence-corrected chi connectivity index (χ0v) is 15.9. The van der Waals surface area contributed by atoms with Gasteiger partial charge in [0.1, 0.15) is 5.92 Å². The molecule has 0 fully saturated rings. The predicted octanol–water partition coefficient (Wildman–Crippen LogP) is 3.09. The van der Waals surface area contributed by atoms with Gasteiger partial charge in [-0.1, -0.05) is 43.3 Å². The number of nitrogens with zero attached hydrogens (tertiary/aromatic N) is 2. The molecule has 7 heteroatoms. The molecule has 0 radical (unpaired) electrons. The van der Waals surface area contributed by atoms with Crippen molar-refractivity contribution in [2.24, 2.45) is 11.3 Å². The Kier molecular flexibility index (Phi) is 5.74. The van der Waals surface area contributed by atoms with E-state index in [1.54, 1.807) is 20.8 Å². The standard InChI is InChI=1S/C19H20N4O2S/c1-11-5-7-13(8-6-11)22-16(24)12(2)26-18-15(10-21)19(3,4)14(9-20)17(25)23-18/h5-8,12,14H,1-4H3,(H,22,24)(H,23,25)/t12-,14-/m0/s1. The fraction of sp³-hybridized carbons (Fsp3) is 0.368. The number of hydrogen-bond donors (Lipinski definition) is 2. The molecular formula is C19H20N4O2S. The first-order chi connectivity index (χ1) is 12.2. The van der Waals surface area contributed by atoms with Crippen molar-refractivity contribution in [2.75, 3.05) is 5.32 Å². The van der Waals surface area contributed by atoms with E-state index < -0.39 is 22.5 Å². The number of nitriles is 2. The van der Waals surface area contributed by atoms with Crippen molar-refractivity contribution in [3.05, 3.63) is 40.4 Å². The van der Waals surface area contributed by atoms with Gasteiger partial charge in [0, 0.05) is 11.1 Å². The molecule has 6 nitrogen and oxygen atoms in total. The van der Waals surface area contributed by atoms with Gasteiger partial charge < -0.3 is 10.6 Å². The van der Waals surface area contributed by atoms with E-state index in [1.807, 2.05) is 37.3 Å². The van der Waals surface area contributed by atoms with Gasteiger partial charge in [0.05, 0.1) is 28.0 Å². The molecule has 1 aliphatic rings. The molecule has 1 aromatic rings. The number of carbonyl (C=O) groups is 2. The lowest BCUT2D eigenvalue weighted by Crippen LogP contribution is -2.45. The van der Waals surface area contributed by atoms with E-state index in [2.05, 4.69) is 16.7 Å². The summed E-state index contributed by atoms with van der Waals surface area (Å²) >= 11 is 1.11. The molecule has 1 heterocycles. The Hall–Kier alpha value is -2.77. The lowest BCUT2D eigenvalue weighted by atomic mass is 9.72. The Morgan fingerprint density at radius 3 is 2.46 bits per heavy atom. The highest BCUT2D eigenvalue weighted by atomic mass is 32.2. The fourth-order valence-corrected chi connectivity index (χ4v) is 3.73. The molecule has 1 aliphatic heterocycles. The minimum atomic E-state index is -0.946. The summed E-state index contributed by atoms with van der Waals surface area (Å²) in [6, 6.07) is 11.5. The number of nitrogens with one attached hydrogen (secondary N) is 2. The number of carbonyl (C=O) groups excluding carboxylic acids is 2. The van der Waals surface area contributed by atoms with Crippen LogP contribution in [0.4, 0.5) is 5.69 Å². The van der Waals surface area contributed by atoms with Gasteiger partial charge in [0.15, 0.2) is 0 Å². The van der Waals surface area contributed by atoms with Crippen molar-refractivity contribution in [3.63, 3.8) is 0 Å². The Labute approximate surface area is 157 Å². The molecule has 0 aromatic heterocycles. The van der Waals surface area contributed by atoms with Crippen molar-refractivity contribution in [1.29, 1.82) is 10.5 Å². The first-order valence-corrected chi connectivity index (χ1v) is 8.98. The van der Waals surface area contributed by atoms with E-state index in [-0.39, 0.29) is 5.91 Å². The maximum absolute atomic E-state index is 12.4. The predicted molar refractivity (Wildman–Crippen MR) is 101 cm³/mol. The van der Waals surface area contributed by atoms with Crippen molar-refractivity contribution in [1.82, 2.24) is 5.32 Å². The number of amides is 2. The molecule has 0 spiro atoms. The van der Waals surface area contributed by atoms with Crippen molar-refractivity contribution >= 4 is 29.3 Å². The van der Waals surface area contributed by atoms with Crippen molar-refractivity contribution in [2.45, 2.75) is 32.9 Å². The van der Waals surface area contributed by atoms with E-state index in [0.29, 0.717) is 16.3 Å². The summed E-state index contributed by atoms with van der Waals surface area (Å²) in [6.07, 6.45) is 0. The molecule has 2 amide bonds. The van der Waals surface area contributed by atoms with Gasteiger partial charge >= 0.3 is 0 Å². The summed E-state index contributed by atoms with van der Waals surface area (Å²) in [4.78, 5) is 24.6. The Bertz CT molecular complexity index is 844. The van der Waals surface area contributed by atoms with Crippen LogP contribution in [0, 0.1) is 40.9 Å². The zero-order chi connectivity index (χ0) is 19.5. The Balaban J connectivity index is 2.20. The number of hydrogen-bond acceptors (Lipinski definition) is 5. The highest BCUT2D eigenvalue weighted by Gasteiger charge is 2.45. The second kappa shape index (κ2) is 7.63. The van der Waals surface area contributed by atoms with Crippen LogP contribution in [0.5, 0.6) is 0 Å². The lowest BCUT2D eigenvalue weighted by molar-refractivity contribution is -0.125. The molecule has 0 bridgehead atoms. The monoisotopic (exact) mass is 368 g/mol. The fourth-order valence-electron chi connectivity index (χ4n) is 2.63. The maximum atomic E-state index is 12.4. The summed E-state index contributed by atoms with van der Waals surface area (Å²) in [5, 5.41) is 24.0. The van der Waals surface area contributed by atoms with Crippen LogP contribution in [-0.2, 0) is 9.59 Å². The van der Waals surface area contributed by atoms with Crippen LogP contribution in [0.2, 0.25) is 0 Å². The third-order valence-corrected chi connectivity index (χ3v) is 5.43. The average molecular weight is 368 g/mol. The average Bonchev–Trinajstić information content (AvgIpc) is 2.56. The number of rotatable bonds is 4. The molecule has 0 unspecified atom stereocenters. The van der Waals surface area contributed by atoms with Crippen molar-refractivity contribution < 1.29 is 9.59 Å². The van der Waals surface area contributed by atoms with E-state index in [1.165, 1.54) is 0 Å². The first kappa shape index (κ1) is 19.6. The summed E-state index contributed by atoms with van der Waals surface area (Å²) < 4.78 is 0. The van der Waals surface area contributed by atoms with Crippen LogP contribution >= 0.6 is 11.8 Å². The lowest BCUT2D eigenvalue weighted by Gasteiger charge is -2.35. The molecule has 2 rings (SSSR count). The number of benzene rings is 1. The topological polar surface area (TPSA) is 106 Å². The zero-order valence-electron chi connectivity index (χ0n) is 15.1. The normalized spacial score (nSPS) is 19.8. The summed E-state index contributed by atoms with van der Waals surface area (Å²) in [7, 11) is 0. The SMILES string of the molecule is Cc1ccc(NC(=O)[C@H](C)SC2=C(C#N)C(C)(C)[C@@H](C#N)C(=O)N2)cc1. The van der Waals surface area contributed by atoms with Gasteiger partial charge in [0.2, 0.25) is 11.8 Å². The number of thioether (sulfide) groups is 1. The molecule has 2 atom stereocenters. The quantitative estimate of drug-likeness (QED) is 0.849. The molecule has 26 heavy (non-hydrogen) atoms. The van der Waals surface area contributed by atoms with Crippen LogP contribution in [-0.4, -0.2) is 17.1 Å². The molecule has 0 saturated heterocycles. The van der Waals surface area contributed by atoms with Gasteiger partial charge in [0.25, 0.3) is 0 Å². The molecule has 134 valence electrons. The summed E-state index contributed by atoms with van der Waals surface area (Å²) in [5.41, 5.74) is 1.17. The van der Waals surface area contributed by atoms with Crippen LogP contribution in [0.15, 0.2) is 34.9 Å². The minimum absolute atomic E-state index is 0.238. The Morgan fingerprint density at radius 1 is 1.31 bits per heavy atom. The molecule has 2 N–H and O–H groups in total. The Morgan fingerprint density at radius 2 is 1.92 bits per heavy atom. The summed E-state index contributed by atoms with van der Waals surface area (Å²) in [5.74, 6) is -1.64. The van der Waals surface area contributed by atoms with Crippen LogP contribution < -0.4 is 10.6 Å². The highest BCUT2D eigenvalue weighted by molar-refractivity contribution is 8.04. The van der Waals surface area contributed by atoms with Gasteiger partial charge in [-0.2, -0.15) is 10.5 Å².